The third-order valence-corrected chi connectivity index (χ3v) is 6.65. The van der Waals surface area contributed by atoms with Gasteiger partial charge in [0.05, 0.1) is 11.5 Å². The Morgan fingerprint density at radius 2 is 1.86 bits per heavy atom. The van der Waals surface area contributed by atoms with Crippen LogP contribution in [0.25, 0.3) is 6.08 Å². The lowest BCUT2D eigenvalue weighted by atomic mass is 10.1. The fourth-order valence-corrected chi connectivity index (χ4v) is 4.80. The maximum Gasteiger partial charge on any atom is 0.344 e. The Bertz CT molecular complexity index is 1440. The van der Waals surface area contributed by atoms with Gasteiger partial charge < -0.3 is 14.6 Å². The van der Waals surface area contributed by atoms with Gasteiger partial charge in [0.2, 0.25) is 0 Å². The largest absolute Gasteiger partial charge is 0.506 e. The van der Waals surface area contributed by atoms with E-state index in [0.717, 1.165) is 16.2 Å². The zero-order valence-electron chi connectivity index (χ0n) is 19.6. The van der Waals surface area contributed by atoms with Crippen molar-refractivity contribution in [3.63, 3.8) is 0 Å². The van der Waals surface area contributed by atoms with Gasteiger partial charge in [0, 0.05) is 15.6 Å². The summed E-state index contributed by atoms with van der Waals surface area (Å²) in [6.45, 7) is 1.85. The molecule has 9 heteroatoms. The Labute approximate surface area is 225 Å². The molecule has 4 rings (SSSR count). The van der Waals surface area contributed by atoms with Gasteiger partial charge in [-0.25, -0.2) is 14.2 Å². The van der Waals surface area contributed by atoms with E-state index in [1.165, 1.54) is 12.1 Å². The summed E-state index contributed by atoms with van der Waals surface area (Å²) in [5.74, 6) is -1.58. The molecule has 0 fully saturated rings. The highest BCUT2D eigenvalue weighted by molar-refractivity contribution is 9.10. The van der Waals surface area contributed by atoms with E-state index < -0.39 is 11.9 Å². The maximum atomic E-state index is 13.6. The van der Waals surface area contributed by atoms with E-state index in [9.17, 15) is 19.1 Å². The van der Waals surface area contributed by atoms with Gasteiger partial charge in [0.15, 0.2) is 0 Å². The highest BCUT2D eigenvalue weighted by Crippen LogP contribution is 2.40. The summed E-state index contributed by atoms with van der Waals surface area (Å²) in [7, 11) is 0. The van der Waals surface area contributed by atoms with Crippen molar-refractivity contribution >= 4 is 50.7 Å². The predicted octanol–water partition coefficient (Wildman–Crippen LogP) is 6.87. The Morgan fingerprint density at radius 3 is 2.59 bits per heavy atom. The van der Waals surface area contributed by atoms with Crippen molar-refractivity contribution < 1.29 is 28.6 Å². The normalized spacial score (nSPS) is 15.3. The molecule has 0 saturated heterocycles. The molecule has 0 aliphatic carbocycles. The molecule has 1 aliphatic rings. The lowest BCUT2D eigenvalue weighted by molar-refractivity contribution is -0.138. The van der Waals surface area contributed by atoms with Crippen LogP contribution in [0, 0.1) is 5.82 Å². The zero-order chi connectivity index (χ0) is 26.4. The summed E-state index contributed by atoms with van der Waals surface area (Å²) in [5, 5.41) is 11.0. The zero-order valence-corrected chi connectivity index (χ0v) is 22.0. The number of ether oxygens (including phenoxy) is 2. The van der Waals surface area contributed by atoms with Gasteiger partial charge in [-0.1, -0.05) is 58.0 Å². The van der Waals surface area contributed by atoms with Crippen LogP contribution in [0.3, 0.4) is 0 Å². The van der Waals surface area contributed by atoms with Crippen LogP contribution in [0.1, 0.15) is 28.4 Å². The van der Waals surface area contributed by atoms with Gasteiger partial charge in [-0.2, -0.15) is 0 Å². The molecule has 0 unspecified atom stereocenters. The molecule has 0 radical (unpaired) electrons. The molecule has 1 N–H and O–H groups in total. The van der Waals surface area contributed by atoms with Gasteiger partial charge in [-0.05, 0) is 61.0 Å². The number of esters is 1. The molecule has 0 aromatic heterocycles. The first-order valence-corrected chi connectivity index (χ1v) is 12.8. The van der Waals surface area contributed by atoms with E-state index in [4.69, 9.17) is 9.47 Å². The monoisotopic (exact) mass is 581 g/mol. The fourth-order valence-electron chi connectivity index (χ4n) is 3.42. The SMILES string of the molecule is CCOC(=O)C1=C(O)/C(=C/c2cc(Br)ccc2OCc2cccc(F)c2)SC1=NC(=O)c1ccccc1. The van der Waals surface area contributed by atoms with Gasteiger partial charge in [-0.3, -0.25) is 4.79 Å². The number of aliphatic hydroxyl groups excluding tert-OH is 1. The molecule has 3 aromatic rings. The molecule has 0 spiro atoms. The molecule has 1 amide bonds. The van der Waals surface area contributed by atoms with Crippen LogP contribution in [0.5, 0.6) is 5.75 Å². The van der Waals surface area contributed by atoms with Crippen LogP contribution < -0.4 is 4.74 Å². The second-order valence-electron chi connectivity index (χ2n) is 7.74. The minimum Gasteiger partial charge on any atom is -0.506 e. The van der Waals surface area contributed by atoms with Crippen LogP contribution in [-0.4, -0.2) is 28.6 Å². The molecule has 1 heterocycles. The van der Waals surface area contributed by atoms with Crippen molar-refractivity contribution in [2.24, 2.45) is 4.99 Å². The second-order valence-corrected chi connectivity index (χ2v) is 9.69. The Kier molecular flexibility index (Phi) is 8.58. The minimum atomic E-state index is -0.785. The van der Waals surface area contributed by atoms with Crippen molar-refractivity contribution in [1.29, 1.82) is 0 Å². The van der Waals surface area contributed by atoms with Gasteiger partial charge in [-0.15, -0.1) is 0 Å². The number of benzene rings is 3. The first-order valence-electron chi connectivity index (χ1n) is 11.2. The first kappa shape index (κ1) is 26.4. The summed E-state index contributed by atoms with van der Waals surface area (Å²) in [5.41, 5.74) is 1.40. The number of hydrogen-bond donors (Lipinski definition) is 1. The molecule has 37 heavy (non-hydrogen) atoms. The van der Waals surface area contributed by atoms with Gasteiger partial charge in [0.1, 0.15) is 34.5 Å². The van der Waals surface area contributed by atoms with E-state index in [-0.39, 0.29) is 40.3 Å². The number of hydrogen-bond acceptors (Lipinski definition) is 6. The summed E-state index contributed by atoms with van der Waals surface area (Å²) in [4.78, 5) is 29.8. The number of nitrogens with zero attached hydrogens (tertiary/aromatic N) is 1. The van der Waals surface area contributed by atoms with Crippen molar-refractivity contribution in [3.8, 4) is 5.75 Å². The topological polar surface area (TPSA) is 85.2 Å². The molecule has 3 aromatic carbocycles. The summed E-state index contributed by atoms with van der Waals surface area (Å²) in [6.07, 6.45) is 1.63. The van der Waals surface area contributed by atoms with Crippen molar-refractivity contribution in [2.75, 3.05) is 6.61 Å². The number of rotatable bonds is 7. The minimum absolute atomic E-state index is 0.0354. The fraction of sp³-hybridized carbons (Fsp3) is 0.107. The van der Waals surface area contributed by atoms with E-state index in [1.54, 1.807) is 73.7 Å². The standard InChI is InChI=1S/C28H21BrFNO5S/c1-2-35-28(34)24-25(32)23(37-27(24)31-26(33)18-8-4-3-5-9-18)15-19-14-20(29)11-12-22(19)36-16-17-7-6-10-21(30)13-17/h3-15,32H,2,16H2,1H3/b23-15-,31-27?. The molecule has 188 valence electrons. The number of carbonyl (C=O) groups is 2. The van der Waals surface area contributed by atoms with Crippen LogP contribution in [0.2, 0.25) is 0 Å². The van der Waals surface area contributed by atoms with E-state index in [2.05, 4.69) is 20.9 Å². The van der Waals surface area contributed by atoms with E-state index in [0.29, 0.717) is 22.4 Å². The van der Waals surface area contributed by atoms with Crippen molar-refractivity contribution in [2.45, 2.75) is 13.5 Å². The Balaban J connectivity index is 1.69. The molecule has 0 bridgehead atoms. The van der Waals surface area contributed by atoms with Crippen LogP contribution in [0.4, 0.5) is 4.39 Å². The number of carbonyl (C=O) groups excluding carboxylic acids is 2. The lowest BCUT2D eigenvalue weighted by Crippen LogP contribution is -2.14. The molecule has 1 aliphatic heterocycles. The lowest BCUT2D eigenvalue weighted by Gasteiger charge is -2.11. The molecule has 0 saturated carbocycles. The Morgan fingerprint density at radius 1 is 1.08 bits per heavy atom. The van der Waals surface area contributed by atoms with Crippen LogP contribution in [-0.2, 0) is 16.1 Å². The third kappa shape index (κ3) is 6.55. The Hall–Kier alpha value is -3.69. The number of amides is 1. The molecular weight excluding hydrogens is 561 g/mol. The quantitative estimate of drug-likeness (QED) is 0.306. The summed E-state index contributed by atoms with van der Waals surface area (Å²) in [6, 6.07) is 19.8. The summed E-state index contributed by atoms with van der Waals surface area (Å²) < 4.78 is 25.3. The number of aliphatic hydroxyl groups is 1. The predicted molar refractivity (Wildman–Crippen MR) is 145 cm³/mol. The highest BCUT2D eigenvalue weighted by Gasteiger charge is 2.34. The van der Waals surface area contributed by atoms with Gasteiger partial charge in [0.25, 0.3) is 5.91 Å². The van der Waals surface area contributed by atoms with Gasteiger partial charge >= 0.3 is 5.97 Å². The first-order chi connectivity index (χ1) is 17.9. The van der Waals surface area contributed by atoms with E-state index in [1.807, 2.05) is 0 Å². The average Bonchev–Trinajstić information content (AvgIpc) is 3.18. The van der Waals surface area contributed by atoms with Crippen LogP contribution in [0.15, 0.2) is 98.5 Å². The molecule has 0 atom stereocenters. The molecule has 6 nitrogen and oxygen atoms in total. The second kappa shape index (κ2) is 12.0. The smallest absolute Gasteiger partial charge is 0.344 e. The highest BCUT2D eigenvalue weighted by atomic mass is 79.9. The number of thioether (sulfide) groups is 1. The summed E-state index contributed by atoms with van der Waals surface area (Å²) >= 11 is 4.41. The third-order valence-electron chi connectivity index (χ3n) is 5.14. The number of aliphatic imine (C=N–C) groups is 1. The van der Waals surface area contributed by atoms with Crippen LogP contribution >= 0.6 is 27.7 Å². The molecular formula is C28H21BrFNO5S. The van der Waals surface area contributed by atoms with E-state index >= 15 is 0 Å². The van der Waals surface area contributed by atoms with Crippen molar-refractivity contribution in [3.05, 3.63) is 116 Å². The average molecular weight is 582 g/mol. The maximum absolute atomic E-state index is 13.6. The van der Waals surface area contributed by atoms with Crippen molar-refractivity contribution in [1.82, 2.24) is 0 Å². The number of halogens is 2.